The molecule has 1 aromatic heterocycles. The lowest BCUT2D eigenvalue weighted by molar-refractivity contribution is 0.0950. The van der Waals surface area contributed by atoms with Crippen LogP contribution in [0, 0.1) is 0 Å². The molecule has 4 rings (SSSR count). The number of carbonyl (C=O) groups is 2. The van der Waals surface area contributed by atoms with E-state index < -0.39 is 0 Å². The van der Waals surface area contributed by atoms with Crippen molar-refractivity contribution in [2.75, 3.05) is 5.32 Å². The molecule has 4 aromatic rings. The fourth-order valence-electron chi connectivity index (χ4n) is 2.92. The summed E-state index contributed by atoms with van der Waals surface area (Å²) < 4.78 is 0. The minimum absolute atomic E-state index is 0.176. The summed E-state index contributed by atoms with van der Waals surface area (Å²) in [6.07, 6.45) is 0. The summed E-state index contributed by atoms with van der Waals surface area (Å²) >= 11 is 0. The average Bonchev–Trinajstić information content (AvgIpc) is 3.15. The van der Waals surface area contributed by atoms with Gasteiger partial charge in [-0.25, -0.2) is 0 Å². The van der Waals surface area contributed by atoms with Crippen LogP contribution in [0.15, 0.2) is 72.8 Å². The van der Waals surface area contributed by atoms with Crippen LogP contribution in [0.1, 0.15) is 26.3 Å². The first-order valence-electron chi connectivity index (χ1n) is 9.01. The maximum Gasteiger partial charge on any atom is 0.256 e. The Morgan fingerprint density at radius 2 is 1.66 bits per heavy atom. The number of anilines is 1. The molecular weight excluding hydrogens is 368 g/mol. The number of carbonyl (C=O) groups excluding carboxylic acids is 2. The molecule has 2 amide bonds. The van der Waals surface area contributed by atoms with Crippen molar-refractivity contribution in [3.63, 3.8) is 0 Å². The molecule has 7 nitrogen and oxygen atoms in total. The molecule has 3 aromatic carbocycles. The number of aromatic nitrogens is 2. The molecule has 0 fully saturated rings. The Morgan fingerprint density at radius 1 is 0.897 bits per heavy atom. The number of hydrogen-bond acceptors (Lipinski definition) is 4. The van der Waals surface area contributed by atoms with Crippen LogP contribution < -0.4 is 10.6 Å². The molecule has 0 unspecified atom stereocenters. The molecule has 0 spiro atoms. The quantitative estimate of drug-likeness (QED) is 0.421. The molecule has 144 valence electrons. The smallest absolute Gasteiger partial charge is 0.256 e. The van der Waals surface area contributed by atoms with E-state index in [4.69, 9.17) is 0 Å². The maximum atomic E-state index is 12.5. The van der Waals surface area contributed by atoms with Crippen LogP contribution in [0.2, 0.25) is 0 Å². The number of aromatic amines is 1. The highest BCUT2D eigenvalue weighted by molar-refractivity contribution is 6.09. The normalized spacial score (nSPS) is 10.6. The minimum Gasteiger partial charge on any atom is -0.508 e. The Kier molecular flexibility index (Phi) is 4.94. The van der Waals surface area contributed by atoms with E-state index in [-0.39, 0.29) is 17.6 Å². The van der Waals surface area contributed by atoms with Gasteiger partial charge in [0.2, 0.25) is 0 Å². The van der Waals surface area contributed by atoms with E-state index in [1.165, 1.54) is 0 Å². The number of nitrogens with one attached hydrogen (secondary N) is 3. The van der Waals surface area contributed by atoms with E-state index in [0.717, 1.165) is 5.56 Å². The summed E-state index contributed by atoms with van der Waals surface area (Å²) in [5.74, 6) is 0.0142. The van der Waals surface area contributed by atoms with E-state index in [2.05, 4.69) is 20.8 Å². The number of nitrogens with zero attached hydrogens (tertiary/aromatic N) is 1. The second-order valence-electron chi connectivity index (χ2n) is 6.50. The van der Waals surface area contributed by atoms with Gasteiger partial charge in [-0.05, 0) is 48.0 Å². The zero-order valence-electron chi connectivity index (χ0n) is 15.3. The van der Waals surface area contributed by atoms with Crippen LogP contribution in [-0.2, 0) is 6.54 Å². The zero-order valence-corrected chi connectivity index (χ0v) is 15.3. The second kappa shape index (κ2) is 7.85. The number of fused-ring (bicyclic) bond motifs is 1. The van der Waals surface area contributed by atoms with Gasteiger partial charge < -0.3 is 15.7 Å². The first-order valence-corrected chi connectivity index (χ1v) is 9.01. The number of phenolic OH excluding ortho intramolecular Hbond substituents is 1. The fourth-order valence-corrected chi connectivity index (χ4v) is 2.92. The van der Waals surface area contributed by atoms with Crippen LogP contribution >= 0.6 is 0 Å². The number of phenols is 1. The van der Waals surface area contributed by atoms with E-state index in [1.54, 1.807) is 66.7 Å². The summed E-state index contributed by atoms with van der Waals surface area (Å²) in [6.45, 7) is 0.333. The van der Waals surface area contributed by atoms with E-state index in [1.807, 2.05) is 6.07 Å². The van der Waals surface area contributed by atoms with E-state index >= 15 is 0 Å². The van der Waals surface area contributed by atoms with Gasteiger partial charge in [-0.15, -0.1) is 0 Å². The molecule has 1 heterocycles. The maximum absolute atomic E-state index is 12.5. The van der Waals surface area contributed by atoms with Gasteiger partial charge in [0, 0.05) is 23.1 Å². The monoisotopic (exact) mass is 386 g/mol. The number of amides is 2. The molecule has 0 atom stereocenters. The number of benzene rings is 3. The summed E-state index contributed by atoms with van der Waals surface area (Å²) in [7, 11) is 0. The van der Waals surface area contributed by atoms with Crippen molar-refractivity contribution in [3.05, 3.63) is 89.5 Å². The minimum atomic E-state index is -0.277. The first-order chi connectivity index (χ1) is 14.1. The van der Waals surface area contributed by atoms with Crippen LogP contribution in [0.3, 0.4) is 0 Å². The summed E-state index contributed by atoms with van der Waals surface area (Å²) in [4.78, 5) is 24.9. The van der Waals surface area contributed by atoms with Crippen molar-refractivity contribution in [1.29, 1.82) is 0 Å². The number of hydrogen-bond donors (Lipinski definition) is 4. The third kappa shape index (κ3) is 4.08. The molecule has 0 aliphatic rings. The van der Waals surface area contributed by atoms with Gasteiger partial charge in [-0.2, -0.15) is 5.10 Å². The van der Waals surface area contributed by atoms with Crippen LogP contribution in [0.4, 0.5) is 5.82 Å². The third-order valence-electron chi connectivity index (χ3n) is 4.48. The number of aromatic hydroxyl groups is 1. The van der Waals surface area contributed by atoms with Crippen molar-refractivity contribution in [2.45, 2.75) is 6.54 Å². The van der Waals surface area contributed by atoms with Gasteiger partial charge in [-0.3, -0.25) is 14.7 Å². The Bertz CT molecular complexity index is 1170. The van der Waals surface area contributed by atoms with Gasteiger partial charge in [0.1, 0.15) is 5.75 Å². The van der Waals surface area contributed by atoms with Gasteiger partial charge in [0.25, 0.3) is 11.8 Å². The standard InChI is InChI=1S/C22H18N4O3/c27-17-9-6-14(7-10-17)13-23-21(28)16-8-11-19-18(12-16)20(26-25-19)24-22(29)15-4-2-1-3-5-15/h1-12,27H,13H2,(H,23,28)(H2,24,25,26,29). The molecule has 0 radical (unpaired) electrons. The highest BCUT2D eigenvalue weighted by Crippen LogP contribution is 2.22. The third-order valence-corrected chi connectivity index (χ3v) is 4.48. The summed E-state index contributed by atoms with van der Waals surface area (Å²) in [5, 5.41) is 22.6. The molecule has 0 aliphatic heterocycles. The molecular formula is C22H18N4O3. The molecule has 0 bridgehead atoms. The van der Waals surface area contributed by atoms with Crippen molar-refractivity contribution in [2.24, 2.45) is 0 Å². The fraction of sp³-hybridized carbons (Fsp3) is 0.0455. The summed E-state index contributed by atoms with van der Waals surface area (Å²) in [5.41, 5.74) is 2.55. The lowest BCUT2D eigenvalue weighted by Gasteiger charge is -2.07. The van der Waals surface area contributed by atoms with Gasteiger partial charge in [-0.1, -0.05) is 30.3 Å². The molecule has 4 N–H and O–H groups in total. The van der Waals surface area contributed by atoms with Crippen LogP contribution in [0.25, 0.3) is 10.9 Å². The Balaban J connectivity index is 1.51. The SMILES string of the molecule is O=C(NCc1ccc(O)cc1)c1ccc2[nH]nc(NC(=O)c3ccccc3)c2c1. The van der Waals surface area contributed by atoms with Crippen LogP contribution in [-0.4, -0.2) is 27.1 Å². The van der Waals surface area contributed by atoms with Gasteiger partial charge >= 0.3 is 0 Å². The highest BCUT2D eigenvalue weighted by atomic mass is 16.3. The molecule has 29 heavy (non-hydrogen) atoms. The van der Waals surface area contributed by atoms with Crippen molar-refractivity contribution in [3.8, 4) is 5.75 Å². The predicted octanol–water partition coefficient (Wildman–Crippen LogP) is 3.45. The Labute approximate surface area is 166 Å². The van der Waals surface area contributed by atoms with Crippen molar-refractivity contribution < 1.29 is 14.7 Å². The topological polar surface area (TPSA) is 107 Å². The molecule has 0 aliphatic carbocycles. The lowest BCUT2D eigenvalue weighted by Crippen LogP contribution is -2.22. The molecule has 0 saturated heterocycles. The second-order valence-corrected chi connectivity index (χ2v) is 6.50. The Morgan fingerprint density at radius 3 is 2.41 bits per heavy atom. The van der Waals surface area contributed by atoms with E-state index in [0.29, 0.717) is 34.4 Å². The van der Waals surface area contributed by atoms with Gasteiger partial charge in [0.15, 0.2) is 5.82 Å². The number of rotatable bonds is 5. The average molecular weight is 386 g/mol. The van der Waals surface area contributed by atoms with Gasteiger partial charge in [0.05, 0.1) is 5.52 Å². The highest BCUT2D eigenvalue weighted by Gasteiger charge is 2.13. The molecule has 7 heteroatoms. The summed E-state index contributed by atoms with van der Waals surface area (Å²) in [6, 6.07) is 20.6. The van der Waals surface area contributed by atoms with Crippen molar-refractivity contribution in [1.82, 2.24) is 15.5 Å². The van der Waals surface area contributed by atoms with Crippen molar-refractivity contribution >= 4 is 28.5 Å². The predicted molar refractivity (Wildman–Crippen MR) is 110 cm³/mol. The zero-order chi connectivity index (χ0) is 20.2. The van der Waals surface area contributed by atoms with E-state index in [9.17, 15) is 14.7 Å². The molecule has 0 saturated carbocycles. The first kappa shape index (κ1) is 18.2. The van der Waals surface area contributed by atoms with Crippen LogP contribution in [0.5, 0.6) is 5.75 Å². The largest absolute Gasteiger partial charge is 0.508 e. The lowest BCUT2D eigenvalue weighted by atomic mass is 10.1. The number of H-pyrrole nitrogens is 1. The Hall–Kier alpha value is -4.13.